The number of thiophene rings is 1. The third-order valence-corrected chi connectivity index (χ3v) is 5.08. The third-order valence-electron chi connectivity index (χ3n) is 3.73. The number of nitrogens with zero attached hydrogens (tertiary/aromatic N) is 2. The van der Waals surface area contributed by atoms with Crippen molar-refractivity contribution >= 4 is 39.0 Å². The van der Waals surface area contributed by atoms with E-state index in [1.165, 1.54) is 24.1 Å². The van der Waals surface area contributed by atoms with Crippen molar-refractivity contribution in [3.8, 4) is 0 Å². The van der Waals surface area contributed by atoms with E-state index >= 15 is 0 Å². The lowest BCUT2D eigenvalue weighted by atomic mass is 9.89. The number of anilines is 1. The summed E-state index contributed by atoms with van der Waals surface area (Å²) in [5.74, 6) is 1.63. The molecule has 0 amide bonds. The van der Waals surface area contributed by atoms with Gasteiger partial charge in [-0.2, -0.15) is 0 Å². The summed E-state index contributed by atoms with van der Waals surface area (Å²) < 4.78 is 0. The Bertz CT molecular complexity index is 569. The summed E-state index contributed by atoms with van der Waals surface area (Å²) in [5, 5.41) is 4.99. The molecule has 3 rings (SSSR count). The SMILES string of the molecule is Cc1cc2c(NCC3CCCC(Cl)C3)ncnc2s1. The zero-order valence-electron chi connectivity index (χ0n) is 11.0. The largest absolute Gasteiger partial charge is 0.369 e. The van der Waals surface area contributed by atoms with E-state index in [2.05, 4.69) is 28.3 Å². The van der Waals surface area contributed by atoms with Crippen molar-refractivity contribution in [2.75, 3.05) is 11.9 Å². The van der Waals surface area contributed by atoms with E-state index in [4.69, 9.17) is 11.6 Å². The minimum Gasteiger partial charge on any atom is -0.369 e. The van der Waals surface area contributed by atoms with Gasteiger partial charge in [-0.1, -0.05) is 6.42 Å². The topological polar surface area (TPSA) is 37.8 Å². The molecule has 1 saturated carbocycles. The average Bonchev–Trinajstić information content (AvgIpc) is 2.77. The lowest BCUT2D eigenvalue weighted by Gasteiger charge is -2.25. The maximum absolute atomic E-state index is 6.24. The summed E-state index contributed by atoms with van der Waals surface area (Å²) in [5.41, 5.74) is 0. The second-order valence-corrected chi connectivity index (χ2v) is 7.16. The van der Waals surface area contributed by atoms with Crippen LogP contribution in [0.25, 0.3) is 10.2 Å². The minimum atomic E-state index is 0.356. The highest BCUT2D eigenvalue weighted by Gasteiger charge is 2.20. The number of fused-ring (bicyclic) bond motifs is 1. The summed E-state index contributed by atoms with van der Waals surface area (Å²) in [6.45, 7) is 3.07. The smallest absolute Gasteiger partial charge is 0.138 e. The van der Waals surface area contributed by atoms with Gasteiger partial charge in [0, 0.05) is 16.8 Å². The Morgan fingerprint density at radius 3 is 3.16 bits per heavy atom. The fourth-order valence-corrected chi connectivity index (χ4v) is 4.02. The molecule has 1 aliphatic carbocycles. The van der Waals surface area contributed by atoms with Gasteiger partial charge >= 0.3 is 0 Å². The molecule has 3 nitrogen and oxygen atoms in total. The predicted molar refractivity (Wildman–Crippen MR) is 82.2 cm³/mol. The molecule has 1 fully saturated rings. The van der Waals surface area contributed by atoms with Crippen LogP contribution in [-0.2, 0) is 0 Å². The van der Waals surface area contributed by atoms with Crippen LogP contribution in [0.5, 0.6) is 0 Å². The summed E-state index contributed by atoms with van der Waals surface area (Å²) in [6, 6.07) is 2.16. The molecule has 2 aromatic rings. The molecule has 1 N–H and O–H groups in total. The number of hydrogen-bond donors (Lipinski definition) is 1. The van der Waals surface area contributed by atoms with E-state index < -0.39 is 0 Å². The van der Waals surface area contributed by atoms with Gasteiger partial charge in [-0.3, -0.25) is 0 Å². The first-order valence-corrected chi connectivity index (χ1v) is 8.07. The van der Waals surface area contributed by atoms with Gasteiger partial charge in [0.05, 0.1) is 5.39 Å². The first-order valence-electron chi connectivity index (χ1n) is 6.81. The van der Waals surface area contributed by atoms with Gasteiger partial charge in [0.25, 0.3) is 0 Å². The van der Waals surface area contributed by atoms with E-state index in [9.17, 15) is 0 Å². The predicted octanol–water partition coefficient (Wildman–Crippen LogP) is 4.21. The molecule has 2 unspecified atom stereocenters. The van der Waals surface area contributed by atoms with Crippen LogP contribution >= 0.6 is 22.9 Å². The molecule has 0 aromatic carbocycles. The number of rotatable bonds is 3. The molecular formula is C14H18ClN3S. The zero-order valence-corrected chi connectivity index (χ0v) is 12.6. The number of aryl methyl sites for hydroxylation is 1. The van der Waals surface area contributed by atoms with Crippen molar-refractivity contribution in [1.29, 1.82) is 0 Å². The number of hydrogen-bond acceptors (Lipinski definition) is 4. The lowest BCUT2D eigenvalue weighted by Crippen LogP contribution is -2.22. The van der Waals surface area contributed by atoms with E-state index in [-0.39, 0.29) is 0 Å². The third kappa shape index (κ3) is 3.00. The summed E-state index contributed by atoms with van der Waals surface area (Å²) in [4.78, 5) is 11.0. The van der Waals surface area contributed by atoms with Gasteiger partial charge < -0.3 is 5.32 Å². The zero-order chi connectivity index (χ0) is 13.2. The maximum atomic E-state index is 6.24. The molecule has 1 aliphatic rings. The molecule has 0 aliphatic heterocycles. The summed E-state index contributed by atoms with van der Waals surface area (Å²) >= 11 is 7.96. The van der Waals surface area contributed by atoms with Crippen molar-refractivity contribution in [1.82, 2.24) is 9.97 Å². The standard InChI is InChI=1S/C14H18ClN3S/c1-9-5-12-13(17-8-18-14(12)19-9)16-7-10-3-2-4-11(15)6-10/h5,8,10-11H,2-4,6-7H2,1H3,(H,16,17,18). The first kappa shape index (κ1) is 13.1. The van der Waals surface area contributed by atoms with Crippen molar-refractivity contribution in [3.05, 3.63) is 17.3 Å². The van der Waals surface area contributed by atoms with Gasteiger partial charge in [0.1, 0.15) is 17.0 Å². The van der Waals surface area contributed by atoms with Crippen molar-refractivity contribution < 1.29 is 0 Å². The fraction of sp³-hybridized carbons (Fsp3) is 0.571. The van der Waals surface area contributed by atoms with Gasteiger partial charge in [0.2, 0.25) is 0 Å². The van der Waals surface area contributed by atoms with Crippen molar-refractivity contribution in [2.45, 2.75) is 38.0 Å². The van der Waals surface area contributed by atoms with Gasteiger partial charge in [-0.05, 0) is 38.2 Å². The first-order chi connectivity index (χ1) is 9.22. The number of aromatic nitrogens is 2. The van der Waals surface area contributed by atoms with Crippen LogP contribution in [-0.4, -0.2) is 21.9 Å². The highest BCUT2D eigenvalue weighted by molar-refractivity contribution is 7.18. The lowest BCUT2D eigenvalue weighted by molar-refractivity contribution is 0.378. The van der Waals surface area contributed by atoms with Crippen molar-refractivity contribution in [2.24, 2.45) is 5.92 Å². The van der Waals surface area contributed by atoms with Crippen LogP contribution in [0.15, 0.2) is 12.4 Å². The van der Waals surface area contributed by atoms with Crippen LogP contribution in [0.4, 0.5) is 5.82 Å². The molecule has 2 heterocycles. The Kier molecular flexibility index (Phi) is 3.89. The summed E-state index contributed by atoms with van der Waals surface area (Å²) in [6.07, 6.45) is 6.45. The van der Waals surface area contributed by atoms with E-state index in [0.29, 0.717) is 11.3 Å². The second kappa shape index (κ2) is 5.63. The Balaban J connectivity index is 1.71. The van der Waals surface area contributed by atoms with Crippen LogP contribution in [0.1, 0.15) is 30.6 Å². The monoisotopic (exact) mass is 295 g/mol. The molecule has 0 saturated heterocycles. The van der Waals surface area contributed by atoms with Gasteiger partial charge in [0.15, 0.2) is 0 Å². The van der Waals surface area contributed by atoms with Crippen LogP contribution in [0.3, 0.4) is 0 Å². The fourth-order valence-electron chi connectivity index (χ4n) is 2.77. The normalized spacial score (nSPS) is 23.7. The molecule has 2 aromatic heterocycles. The Morgan fingerprint density at radius 1 is 1.42 bits per heavy atom. The van der Waals surface area contributed by atoms with E-state index in [0.717, 1.165) is 29.0 Å². The van der Waals surface area contributed by atoms with E-state index in [1.54, 1.807) is 17.7 Å². The van der Waals surface area contributed by atoms with E-state index in [1.807, 2.05) is 0 Å². The van der Waals surface area contributed by atoms with Gasteiger partial charge in [-0.15, -0.1) is 22.9 Å². The molecule has 2 atom stereocenters. The average molecular weight is 296 g/mol. The molecule has 5 heteroatoms. The maximum Gasteiger partial charge on any atom is 0.138 e. The van der Waals surface area contributed by atoms with Crippen LogP contribution < -0.4 is 5.32 Å². The molecule has 102 valence electrons. The van der Waals surface area contributed by atoms with Crippen molar-refractivity contribution in [3.63, 3.8) is 0 Å². The highest BCUT2D eigenvalue weighted by atomic mass is 35.5. The number of nitrogens with one attached hydrogen (secondary N) is 1. The van der Waals surface area contributed by atoms with Crippen LogP contribution in [0.2, 0.25) is 0 Å². The number of alkyl halides is 1. The minimum absolute atomic E-state index is 0.356. The molecule has 19 heavy (non-hydrogen) atoms. The van der Waals surface area contributed by atoms with Crippen LogP contribution in [0, 0.1) is 12.8 Å². The molecule has 0 spiro atoms. The quantitative estimate of drug-likeness (QED) is 0.862. The Labute approximate surface area is 122 Å². The Morgan fingerprint density at radius 2 is 2.32 bits per heavy atom. The molecule has 0 radical (unpaired) electrons. The summed E-state index contributed by atoms with van der Waals surface area (Å²) in [7, 11) is 0. The molecule has 0 bridgehead atoms. The second-order valence-electron chi connectivity index (χ2n) is 5.31. The Hall–Kier alpha value is -0.870. The highest BCUT2D eigenvalue weighted by Crippen LogP contribution is 2.30. The van der Waals surface area contributed by atoms with Gasteiger partial charge in [-0.25, -0.2) is 9.97 Å². The number of halogens is 1. The molecular weight excluding hydrogens is 278 g/mol.